The molecule has 0 radical (unpaired) electrons. The van der Waals surface area contributed by atoms with E-state index in [-0.39, 0.29) is 11.7 Å². The van der Waals surface area contributed by atoms with Crippen molar-refractivity contribution in [3.05, 3.63) is 40.9 Å². The monoisotopic (exact) mass is 408 g/mol. The number of carbonyl (C=O) groups excluding carboxylic acids is 1. The number of carbonyl (C=O) groups is 1. The molecule has 1 fully saturated rings. The Kier molecular flexibility index (Phi) is 6.95. The molecular weight excluding hydrogens is 386 g/mol. The lowest BCUT2D eigenvalue weighted by molar-refractivity contribution is -0.118. The number of anilines is 2. The van der Waals surface area contributed by atoms with Crippen molar-refractivity contribution in [3.8, 4) is 0 Å². The van der Waals surface area contributed by atoms with Gasteiger partial charge in [0.1, 0.15) is 0 Å². The summed E-state index contributed by atoms with van der Waals surface area (Å²) in [7, 11) is 0. The van der Waals surface area contributed by atoms with Gasteiger partial charge in [-0.15, -0.1) is 11.3 Å². The molecule has 7 nitrogen and oxygen atoms in total. The third-order valence-electron chi connectivity index (χ3n) is 4.95. The minimum atomic E-state index is -2.27. The third-order valence-corrected chi connectivity index (χ3v) is 6.19. The Labute approximate surface area is 164 Å². The van der Waals surface area contributed by atoms with Gasteiger partial charge in [0, 0.05) is 17.3 Å². The number of rotatable bonds is 8. The molecule has 0 bridgehead atoms. The van der Waals surface area contributed by atoms with Crippen LogP contribution < -0.4 is 10.8 Å². The van der Waals surface area contributed by atoms with Gasteiger partial charge >= 0.3 is 0 Å². The topological polar surface area (TPSA) is 114 Å². The molecule has 1 aliphatic carbocycles. The molecule has 1 aliphatic rings. The summed E-state index contributed by atoms with van der Waals surface area (Å²) in [6.07, 6.45) is 6.94. The van der Waals surface area contributed by atoms with Gasteiger partial charge in [-0.3, -0.25) is 19.7 Å². The maximum absolute atomic E-state index is 12.9. The van der Waals surface area contributed by atoms with Crippen LogP contribution in [0.1, 0.15) is 49.1 Å². The Morgan fingerprint density at radius 2 is 2.19 bits per heavy atom. The van der Waals surface area contributed by atoms with Crippen LogP contribution in [0, 0.1) is 5.92 Å². The molecule has 2 aromatic rings. The normalized spacial score (nSPS) is 16.8. The number of amides is 1. The van der Waals surface area contributed by atoms with E-state index in [0.717, 1.165) is 24.8 Å². The Morgan fingerprint density at radius 3 is 2.81 bits per heavy atom. The lowest BCUT2D eigenvalue weighted by Gasteiger charge is -2.21. The summed E-state index contributed by atoms with van der Waals surface area (Å²) in [6, 6.07) is 5.06. The van der Waals surface area contributed by atoms with Crippen LogP contribution in [0.3, 0.4) is 0 Å². The molecule has 2 unspecified atom stereocenters. The fourth-order valence-electron chi connectivity index (χ4n) is 3.62. The Bertz CT molecular complexity index is 792. The zero-order chi connectivity index (χ0) is 19.2. The molecular formula is C18H22N3O4S2-. The molecule has 27 heavy (non-hydrogen) atoms. The zero-order valence-electron chi connectivity index (χ0n) is 14.7. The largest absolute Gasteiger partial charge is 0.772 e. The first-order chi connectivity index (χ1) is 13.1. The number of hydrogen-bond acceptors (Lipinski definition) is 7. The maximum Gasteiger partial charge on any atom is 0.233 e. The SMILES string of the molecule is O=C(Nc1nccs1)C(CC1CCCC1)c1ccc(CS(=O)[O-])c(NO)c1. The van der Waals surface area contributed by atoms with Gasteiger partial charge < -0.3 is 9.87 Å². The van der Waals surface area contributed by atoms with E-state index in [1.54, 1.807) is 29.8 Å². The van der Waals surface area contributed by atoms with E-state index in [0.29, 0.717) is 22.3 Å². The molecule has 1 aromatic heterocycles. The first kappa shape index (κ1) is 19.9. The molecule has 0 saturated heterocycles. The molecule has 1 aromatic carbocycles. The average Bonchev–Trinajstić information content (AvgIpc) is 3.33. The van der Waals surface area contributed by atoms with Crippen LogP contribution in [-0.4, -0.2) is 24.9 Å². The lowest BCUT2D eigenvalue weighted by Crippen LogP contribution is -2.23. The number of benzene rings is 1. The number of nitrogens with one attached hydrogen (secondary N) is 2. The average molecular weight is 409 g/mol. The smallest absolute Gasteiger partial charge is 0.233 e. The Hall–Kier alpha value is -1.81. The van der Waals surface area contributed by atoms with Crippen molar-refractivity contribution in [3.63, 3.8) is 0 Å². The first-order valence-electron chi connectivity index (χ1n) is 8.86. The summed E-state index contributed by atoms with van der Waals surface area (Å²) >= 11 is -0.908. The van der Waals surface area contributed by atoms with Crippen LogP contribution in [-0.2, 0) is 21.6 Å². The highest BCUT2D eigenvalue weighted by Crippen LogP contribution is 2.36. The minimum absolute atomic E-state index is 0.138. The van der Waals surface area contributed by atoms with E-state index in [2.05, 4.69) is 15.8 Å². The minimum Gasteiger partial charge on any atom is -0.772 e. The lowest BCUT2D eigenvalue weighted by atomic mass is 9.86. The molecule has 9 heteroatoms. The van der Waals surface area contributed by atoms with Gasteiger partial charge in [-0.05, 0) is 29.5 Å². The molecule has 1 amide bonds. The predicted octanol–water partition coefficient (Wildman–Crippen LogP) is 3.63. The Morgan fingerprint density at radius 1 is 1.41 bits per heavy atom. The predicted molar refractivity (Wildman–Crippen MR) is 105 cm³/mol. The molecule has 0 aliphatic heterocycles. The summed E-state index contributed by atoms with van der Waals surface area (Å²) in [5, 5.41) is 14.6. The van der Waals surface area contributed by atoms with Gasteiger partial charge in [-0.1, -0.05) is 48.9 Å². The van der Waals surface area contributed by atoms with E-state index >= 15 is 0 Å². The number of thiazole rings is 1. The summed E-state index contributed by atoms with van der Waals surface area (Å²) in [6.45, 7) is 0. The van der Waals surface area contributed by atoms with E-state index in [4.69, 9.17) is 0 Å². The number of hydrogen-bond donors (Lipinski definition) is 3. The zero-order valence-corrected chi connectivity index (χ0v) is 16.4. The van der Waals surface area contributed by atoms with Gasteiger partial charge in [0.25, 0.3) is 0 Å². The summed E-state index contributed by atoms with van der Waals surface area (Å²) in [4.78, 5) is 17.0. The van der Waals surface area contributed by atoms with Crippen molar-refractivity contribution in [1.29, 1.82) is 0 Å². The van der Waals surface area contributed by atoms with Crippen LogP contribution in [0.5, 0.6) is 0 Å². The van der Waals surface area contributed by atoms with Crippen LogP contribution in [0.4, 0.5) is 10.8 Å². The molecule has 3 rings (SSSR count). The van der Waals surface area contributed by atoms with E-state index in [1.807, 2.05) is 0 Å². The van der Waals surface area contributed by atoms with Crippen molar-refractivity contribution >= 4 is 39.1 Å². The second kappa shape index (κ2) is 9.41. The summed E-state index contributed by atoms with van der Waals surface area (Å²) < 4.78 is 22.0. The van der Waals surface area contributed by atoms with Crippen molar-refractivity contribution in [2.75, 3.05) is 10.8 Å². The van der Waals surface area contributed by atoms with Crippen molar-refractivity contribution < 1.29 is 18.8 Å². The van der Waals surface area contributed by atoms with Gasteiger partial charge in [0.15, 0.2) is 5.13 Å². The van der Waals surface area contributed by atoms with E-state index in [1.165, 1.54) is 24.2 Å². The van der Waals surface area contributed by atoms with Gasteiger partial charge in [-0.2, -0.15) is 0 Å². The highest BCUT2D eigenvalue weighted by Gasteiger charge is 2.27. The molecule has 1 saturated carbocycles. The standard InChI is InChI=1S/C18H23N3O4S2/c22-17(20-18-19-7-8-26-18)15(9-12-3-1-2-4-12)13-5-6-14(11-27(24)25)16(10-13)21-23/h5-8,10,12,15,21,23H,1-4,9,11H2,(H,24,25)(H,19,20,22)/p-1. The van der Waals surface area contributed by atoms with Crippen molar-refractivity contribution in [1.82, 2.24) is 4.98 Å². The van der Waals surface area contributed by atoms with Gasteiger partial charge in [0.05, 0.1) is 11.6 Å². The highest BCUT2D eigenvalue weighted by atomic mass is 32.2. The molecule has 3 N–H and O–H groups in total. The first-order valence-corrected chi connectivity index (χ1v) is 11.0. The van der Waals surface area contributed by atoms with Crippen LogP contribution in [0.25, 0.3) is 0 Å². The number of aromatic nitrogens is 1. The van der Waals surface area contributed by atoms with E-state index < -0.39 is 17.0 Å². The van der Waals surface area contributed by atoms with Crippen LogP contribution >= 0.6 is 11.3 Å². The molecule has 146 valence electrons. The maximum atomic E-state index is 12.9. The van der Waals surface area contributed by atoms with Crippen molar-refractivity contribution in [2.45, 2.75) is 43.8 Å². The van der Waals surface area contributed by atoms with E-state index in [9.17, 15) is 18.8 Å². The second-order valence-electron chi connectivity index (χ2n) is 6.74. The Balaban J connectivity index is 1.86. The second-order valence-corrected chi connectivity index (χ2v) is 8.53. The van der Waals surface area contributed by atoms with Gasteiger partial charge in [-0.25, -0.2) is 4.98 Å². The third kappa shape index (κ3) is 5.35. The fourth-order valence-corrected chi connectivity index (χ4v) is 4.66. The quantitative estimate of drug-likeness (QED) is 0.454. The molecule has 2 atom stereocenters. The fraction of sp³-hybridized carbons (Fsp3) is 0.444. The summed E-state index contributed by atoms with van der Waals surface area (Å²) in [5.41, 5.74) is 3.56. The molecule has 1 heterocycles. The highest BCUT2D eigenvalue weighted by molar-refractivity contribution is 7.78. The summed E-state index contributed by atoms with van der Waals surface area (Å²) in [5.74, 6) is -0.255. The molecule has 0 spiro atoms. The van der Waals surface area contributed by atoms with Crippen LogP contribution in [0.2, 0.25) is 0 Å². The van der Waals surface area contributed by atoms with Gasteiger partial charge in [0.2, 0.25) is 5.91 Å². The number of nitrogens with zero attached hydrogens (tertiary/aromatic N) is 1. The van der Waals surface area contributed by atoms with Crippen LogP contribution in [0.15, 0.2) is 29.8 Å². The van der Waals surface area contributed by atoms with Crippen molar-refractivity contribution in [2.24, 2.45) is 5.92 Å².